The highest BCUT2D eigenvalue weighted by Crippen LogP contribution is 1.97. The molecule has 0 aromatic carbocycles. The lowest BCUT2D eigenvalue weighted by molar-refractivity contribution is 0.546. The van der Waals surface area contributed by atoms with E-state index in [9.17, 15) is 0 Å². The zero-order valence-electron chi connectivity index (χ0n) is 14.1. The van der Waals surface area contributed by atoms with Crippen LogP contribution in [-0.2, 0) is 0 Å². The molecule has 0 atom stereocenters. The quantitative estimate of drug-likeness (QED) is 0.359. The van der Waals surface area contributed by atoms with E-state index in [0.29, 0.717) is 0 Å². The Labute approximate surface area is 127 Å². The molecule has 0 amide bonds. The Balaban J connectivity index is 2.89. The standard InChI is InChI=1S/C17H39N3/c1-3-5-7-9-12-18-14-11-15-20-17-16-19-13-10-8-6-4-2/h18-20H,3-17H2,1-2H3. The second kappa shape index (κ2) is 18.9. The van der Waals surface area contributed by atoms with E-state index >= 15 is 0 Å². The van der Waals surface area contributed by atoms with E-state index in [4.69, 9.17) is 0 Å². The summed E-state index contributed by atoms with van der Waals surface area (Å²) in [6.07, 6.45) is 12.1. The number of hydrogen-bond acceptors (Lipinski definition) is 3. The van der Waals surface area contributed by atoms with Gasteiger partial charge in [-0.05, 0) is 45.4 Å². The molecule has 0 aliphatic rings. The third kappa shape index (κ3) is 17.9. The van der Waals surface area contributed by atoms with Crippen molar-refractivity contribution in [2.75, 3.05) is 39.3 Å². The summed E-state index contributed by atoms with van der Waals surface area (Å²) in [5.41, 5.74) is 0. The van der Waals surface area contributed by atoms with Crippen LogP contribution in [-0.4, -0.2) is 39.3 Å². The molecule has 0 radical (unpaired) electrons. The summed E-state index contributed by atoms with van der Waals surface area (Å²) >= 11 is 0. The van der Waals surface area contributed by atoms with Crippen LogP contribution >= 0.6 is 0 Å². The van der Waals surface area contributed by atoms with Gasteiger partial charge in [-0.2, -0.15) is 0 Å². The summed E-state index contributed by atoms with van der Waals surface area (Å²) in [6, 6.07) is 0. The Morgan fingerprint density at radius 3 is 1.25 bits per heavy atom. The van der Waals surface area contributed by atoms with Gasteiger partial charge in [0.25, 0.3) is 0 Å². The molecule has 0 saturated carbocycles. The highest BCUT2D eigenvalue weighted by atomic mass is 14.9. The van der Waals surface area contributed by atoms with Gasteiger partial charge in [-0.15, -0.1) is 0 Å². The molecule has 0 heterocycles. The van der Waals surface area contributed by atoms with Crippen LogP contribution in [0.5, 0.6) is 0 Å². The summed E-state index contributed by atoms with van der Waals surface area (Å²) in [4.78, 5) is 0. The molecule has 0 aromatic heterocycles. The largest absolute Gasteiger partial charge is 0.317 e. The molecule has 3 nitrogen and oxygen atoms in total. The van der Waals surface area contributed by atoms with Gasteiger partial charge in [-0.25, -0.2) is 0 Å². The minimum atomic E-state index is 1.10. The van der Waals surface area contributed by atoms with Crippen LogP contribution < -0.4 is 16.0 Å². The Kier molecular flexibility index (Phi) is 18.8. The fourth-order valence-electron chi connectivity index (χ4n) is 2.24. The third-order valence-corrected chi connectivity index (χ3v) is 3.60. The molecule has 0 fully saturated rings. The van der Waals surface area contributed by atoms with Crippen LogP contribution in [0.15, 0.2) is 0 Å². The van der Waals surface area contributed by atoms with Crippen molar-refractivity contribution in [2.24, 2.45) is 0 Å². The van der Waals surface area contributed by atoms with E-state index < -0.39 is 0 Å². The van der Waals surface area contributed by atoms with E-state index in [1.165, 1.54) is 70.9 Å². The first-order chi connectivity index (χ1) is 9.91. The molecule has 3 heteroatoms. The second-order valence-electron chi connectivity index (χ2n) is 5.72. The maximum Gasteiger partial charge on any atom is 0.00767 e. The lowest BCUT2D eigenvalue weighted by Gasteiger charge is -2.07. The van der Waals surface area contributed by atoms with Gasteiger partial charge in [-0.1, -0.05) is 52.4 Å². The van der Waals surface area contributed by atoms with Gasteiger partial charge in [0.2, 0.25) is 0 Å². The van der Waals surface area contributed by atoms with Crippen molar-refractivity contribution in [3.05, 3.63) is 0 Å². The Morgan fingerprint density at radius 1 is 0.400 bits per heavy atom. The first-order valence-electron chi connectivity index (χ1n) is 9.04. The molecule has 20 heavy (non-hydrogen) atoms. The van der Waals surface area contributed by atoms with Crippen molar-refractivity contribution in [3.63, 3.8) is 0 Å². The fraction of sp³-hybridized carbons (Fsp3) is 1.00. The molecule has 122 valence electrons. The average Bonchev–Trinajstić information content (AvgIpc) is 2.47. The van der Waals surface area contributed by atoms with Crippen molar-refractivity contribution in [3.8, 4) is 0 Å². The van der Waals surface area contributed by atoms with Crippen LogP contribution in [0.2, 0.25) is 0 Å². The van der Waals surface area contributed by atoms with Crippen LogP contribution in [0.4, 0.5) is 0 Å². The van der Waals surface area contributed by atoms with Crippen molar-refractivity contribution in [1.82, 2.24) is 16.0 Å². The van der Waals surface area contributed by atoms with E-state index in [1.807, 2.05) is 0 Å². The summed E-state index contributed by atoms with van der Waals surface area (Å²) < 4.78 is 0. The third-order valence-electron chi connectivity index (χ3n) is 3.60. The van der Waals surface area contributed by atoms with Gasteiger partial charge in [0.15, 0.2) is 0 Å². The minimum absolute atomic E-state index is 1.10. The predicted molar refractivity (Wildman–Crippen MR) is 91.5 cm³/mol. The molecule has 0 aliphatic carbocycles. The Morgan fingerprint density at radius 2 is 0.800 bits per heavy atom. The molecule has 3 N–H and O–H groups in total. The number of nitrogens with one attached hydrogen (secondary N) is 3. The smallest absolute Gasteiger partial charge is 0.00767 e. The Hall–Kier alpha value is -0.120. The molecule has 0 bridgehead atoms. The zero-order valence-corrected chi connectivity index (χ0v) is 14.1. The molecule has 0 unspecified atom stereocenters. The van der Waals surface area contributed by atoms with Gasteiger partial charge < -0.3 is 16.0 Å². The molecular weight excluding hydrogens is 246 g/mol. The van der Waals surface area contributed by atoms with E-state index in [1.54, 1.807) is 0 Å². The SMILES string of the molecule is CCCCCCNCCCNCCNCCCCCC. The van der Waals surface area contributed by atoms with Crippen molar-refractivity contribution in [2.45, 2.75) is 71.6 Å². The zero-order chi connectivity index (χ0) is 14.7. The van der Waals surface area contributed by atoms with Gasteiger partial charge >= 0.3 is 0 Å². The van der Waals surface area contributed by atoms with Crippen molar-refractivity contribution in [1.29, 1.82) is 0 Å². The normalized spacial score (nSPS) is 11.1. The number of unbranched alkanes of at least 4 members (excludes halogenated alkanes) is 6. The molecule has 0 saturated heterocycles. The fourth-order valence-corrected chi connectivity index (χ4v) is 2.24. The summed E-state index contributed by atoms with van der Waals surface area (Å²) in [5, 5.41) is 10.5. The Bertz CT molecular complexity index is 144. The highest BCUT2D eigenvalue weighted by molar-refractivity contribution is 4.55. The van der Waals surface area contributed by atoms with Gasteiger partial charge in [0.1, 0.15) is 0 Å². The maximum atomic E-state index is 3.52. The van der Waals surface area contributed by atoms with Crippen LogP contribution in [0, 0.1) is 0 Å². The van der Waals surface area contributed by atoms with Crippen molar-refractivity contribution < 1.29 is 0 Å². The van der Waals surface area contributed by atoms with Crippen LogP contribution in [0.25, 0.3) is 0 Å². The van der Waals surface area contributed by atoms with E-state index in [0.717, 1.165) is 26.2 Å². The van der Waals surface area contributed by atoms with Gasteiger partial charge in [0, 0.05) is 13.1 Å². The van der Waals surface area contributed by atoms with Crippen LogP contribution in [0.3, 0.4) is 0 Å². The van der Waals surface area contributed by atoms with Gasteiger partial charge in [-0.3, -0.25) is 0 Å². The van der Waals surface area contributed by atoms with Crippen molar-refractivity contribution >= 4 is 0 Å². The van der Waals surface area contributed by atoms with Crippen LogP contribution in [0.1, 0.15) is 71.6 Å². The lowest BCUT2D eigenvalue weighted by atomic mass is 10.2. The summed E-state index contributed by atoms with van der Waals surface area (Å²) in [5.74, 6) is 0. The number of rotatable bonds is 17. The first-order valence-corrected chi connectivity index (χ1v) is 9.04. The number of hydrogen-bond donors (Lipinski definition) is 3. The lowest BCUT2D eigenvalue weighted by Crippen LogP contribution is -2.30. The monoisotopic (exact) mass is 285 g/mol. The first kappa shape index (κ1) is 19.9. The molecular formula is C17H39N3. The molecule has 0 aromatic rings. The highest BCUT2D eigenvalue weighted by Gasteiger charge is 1.91. The second-order valence-corrected chi connectivity index (χ2v) is 5.72. The molecule has 0 aliphatic heterocycles. The van der Waals surface area contributed by atoms with Gasteiger partial charge in [0.05, 0.1) is 0 Å². The van der Waals surface area contributed by atoms with E-state index in [-0.39, 0.29) is 0 Å². The molecule has 0 spiro atoms. The summed E-state index contributed by atoms with van der Waals surface area (Å²) in [6.45, 7) is 11.4. The van der Waals surface area contributed by atoms with E-state index in [2.05, 4.69) is 29.8 Å². The average molecular weight is 286 g/mol. The predicted octanol–water partition coefficient (Wildman–Crippen LogP) is 3.31. The maximum absolute atomic E-state index is 3.52. The molecule has 0 rings (SSSR count). The summed E-state index contributed by atoms with van der Waals surface area (Å²) in [7, 11) is 0. The topological polar surface area (TPSA) is 36.1 Å². The minimum Gasteiger partial charge on any atom is -0.317 e.